The average Bonchev–Trinajstić information content (AvgIpc) is 2.74. The molecule has 5 N–H and O–H groups in total. The fraction of sp³-hybridized carbons (Fsp3) is 0.381. The summed E-state index contributed by atoms with van der Waals surface area (Å²) < 4.78 is 10.6. The van der Waals surface area contributed by atoms with Gasteiger partial charge >= 0.3 is 0 Å². The molecule has 0 radical (unpaired) electrons. The van der Waals surface area contributed by atoms with Crippen LogP contribution in [0.5, 0.6) is 0 Å². The fourth-order valence-corrected chi connectivity index (χ4v) is 2.51. The molecule has 0 aliphatic carbocycles. The van der Waals surface area contributed by atoms with Crippen molar-refractivity contribution in [2.24, 2.45) is 5.73 Å². The molecule has 0 spiro atoms. The van der Waals surface area contributed by atoms with Crippen molar-refractivity contribution in [3.63, 3.8) is 0 Å². The van der Waals surface area contributed by atoms with Gasteiger partial charge in [0.1, 0.15) is 5.82 Å². The molecule has 0 atom stereocenters. The molecule has 0 aliphatic rings. The van der Waals surface area contributed by atoms with Gasteiger partial charge in [0.15, 0.2) is 0 Å². The van der Waals surface area contributed by atoms with E-state index in [-0.39, 0.29) is 24.8 Å². The Morgan fingerprint density at radius 3 is 2.47 bits per heavy atom. The second-order valence-corrected chi connectivity index (χ2v) is 6.50. The Kier molecular flexibility index (Phi) is 9.72. The number of carbonyl (C=O) groups is 2. The molecular formula is C21H29N5O4. The normalized spacial score (nSPS) is 10.5. The Labute approximate surface area is 176 Å². The van der Waals surface area contributed by atoms with Crippen LogP contribution in [0, 0.1) is 6.92 Å². The Hall–Kier alpha value is -3.01. The number of pyridine rings is 1. The number of ether oxygens (including phenoxy) is 2. The Morgan fingerprint density at radius 2 is 1.80 bits per heavy atom. The van der Waals surface area contributed by atoms with Crippen molar-refractivity contribution >= 4 is 29.0 Å². The molecule has 0 saturated carbocycles. The molecule has 1 aromatic carbocycles. The zero-order valence-electron chi connectivity index (χ0n) is 17.4. The summed E-state index contributed by atoms with van der Waals surface area (Å²) >= 11 is 0. The number of nitrogens with zero attached hydrogens (tertiary/aromatic N) is 1. The molecule has 0 bridgehead atoms. The van der Waals surface area contributed by atoms with Gasteiger partial charge in [0, 0.05) is 25.5 Å². The zero-order valence-corrected chi connectivity index (χ0v) is 17.4. The first-order valence-corrected chi connectivity index (χ1v) is 9.74. The van der Waals surface area contributed by atoms with E-state index in [1.807, 2.05) is 13.0 Å². The number of carbonyl (C=O) groups excluding carboxylic acids is 2. The maximum Gasteiger partial charge on any atom is 0.258 e. The summed E-state index contributed by atoms with van der Waals surface area (Å²) in [5.41, 5.74) is 7.83. The van der Waals surface area contributed by atoms with Crippen molar-refractivity contribution in [1.82, 2.24) is 4.98 Å². The highest BCUT2D eigenvalue weighted by molar-refractivity contribution is 6.10. The van der Waals surface area contributed by atoms with Gasteiger partial charge in [-0.2, -0.15) is 0 Å². The van der Waals surface area contributed by atoms with E-state index in [1.54, 1.807) is 37.5 Å². The lowest BCUT2D eigenvalue weighted by molar-refractivity contribution is -0.117. The number of benzene rings is 1. The van der Waals surface area contributed by atoms with Crippen LogP contribution in [0.4, 0.5) is 17.2 Å². The van der Waals surface area contributed by atoms with Gasteiger partial charge in [-0.05, 0) is 36.8 Å². The van der Waals surface area contributed by atoms with E-state index in [1.165, 1.54) is 0 Å². The quantitative estimate of drug-likeness (QED) is 0.390. The number of aromatic nitrogens is 1. The minimum atomic E-state index is -0.363. The molecule has 1 heterocycles. The molecule has 0 unspecified atom stereocenters. The summed E-state index contributed by atoms with van der Waals surface area (Å²) in [6.45, 7) is 3.93. The van der Waals surface area contributed by atoms with Gasteiger partial charge in [0.2, 0.25) is 5.91 Å². The average molecular weight is 415 g/mol. The van der Waals surface area contributed by atoms with Crippen LogP contribution >= 0.6 is 0 Å². The third kappa shape index (κ3) is 7.78. The van der Waals surface area contributed by atoms with Crippen LogP contribution in [0.15, 0.2) is 36.5 Å². The monoisotopic (exact) mass is 415 g/mol. The highest BCUT2D eigenvalue weighted by atomic mass is 16.5. The van der Waals surface area contributed by atoms with Gasteiger partial charge in [-0.15, -0.1) is 0 Å². The van der Waals surface area contributed by atoms with Crippen molar-refractivity contribution in [2.75, 3.05) is 56.0 Å². The molecule has 2 rings (SSSR count). The van der Waals surface area contributed by atoms with Gasteiger partial charge in [0.25, 0.3) is 5.91 Å². The predicted octanol–water partition coefficient (Wildman–Crippen LogP) is 2.00. The number of amides is 2. The summed E-state index contributed by atoms with van der Waals surface area (Å²) in [4.78, 5) is 29.2. The Bertz CT molecular complexity index is 827. The van der Waals surface area contributed by atoms with Crippen molar-refractivity contribution in [1.29, 1.82) is 0 Å². The molecule has 162 valence electrons. The number of aryl methyl sites for hydroxylation is 1. The highest BCUT2D eigenvalue weighted by Gasteiger charge is 2.15. The molecule has 9 nitrogen and oxygen atoms in total. The molecule has 0 aliphatic heterocycles. The van der Waals surface area contributed by atoms with E-state index in [0.29, 0.717) is 43.4 Å². The van der Waals surface area contributed by atoms with Gasteiger partial charge in [0.05, 0.1) is 44.1 Å². The number of nitrogens with one attached hydrogen (secondary N) is 3. The molecule has 2 amide bonds. The topological polar surface area (TPSA) is 128 Å². The second kappa shape index (κ2) is 12.5. The fourth-order valence-electron chi connectivity index (χ4n) is 2.51. The van der Waals surface area contributed by atoms with E-state index in [0.717, 1.165) is 11.3 Å². The SMILES string of the molecule is CNc1ccc(C(=O)Nc2ccc(C)cn2)c(NC(=O)CCOCCOCCN)c1. The first kappa shape index (κ1) is 23.3. The van der Waals surface area contributed by atoms with Gasteiger partial charge in [-0.3, -0.25) is 9.59 Å². The summed E-state index contributed by atoms with van der Waals surface area (Å²) in [6, 6.07) is 8.70. The summed E-state index contributed by atoms with van der Waals surface area (Å²) in [7, 11) is 1.76. The molecule has 30 heavy (non-hydrogen) atoms. The molecule has 0 saturated heterocycles. The van der Waals surface area contributed by atoms with Crippen molar-refractivity contribution in [2.45, 2.75) is 13.3 Å². The molecular weight excluding hydrogens is 386 g/mol. The summed E-state index contributed by atoms with van der Waals surface area (Å²) in [6.07, 6.45) is 1.82. The van der Waals surface area contributed by atoms with E-state index >= 15 is 0 Å². The smallest absolute Gasteiger partial charge is 0.258 e. The first-order valence-electron chi connectivity index (χ1n) is 9.74. The van der Waals surface area contributed by atoms with Crippen molar-refractivity contribution < 1.29 is 19.1 Å². The number of rotatable bonds is 12. The largest absolute Gasteiger partial charge is 0.388 e. The lowest BCUT2D eigenvalue weighted by Crippen LogP contribution is -2.20. The van der Waals surface area contributed by atoms with Gasteiger partial charge in [-0.25, -0.2) is 4.98 Å². The maximum atomic E-state index is 12.7. The van der Waals surface area contributed by atoms with Crippen LogP contribution in [0.25, 0.3) is 0 Å². The predicted molar refractivity (Wildman–Crippen MR) is 117 cm³/mol. The van der Waals surface area contributed by atoms with Gasteiger partial charge < -0.3 is 31.2 Å². The van der Waals surface area contributed by atoms with Crippen LogP contribution in [0.1, 0.15) is 22.3 Å². The lowest BCUT2D eigenvalue weighted by Gasteiger charge is -2.13. The summed E-state index contributed by atoms with van der Waals surface area (Å²) in [5.74, 6) is -0.183. The van der Waals surface area contributed by atoms with Crippen LogP contribution < -0.4 is 21.7 Å². The number of anilines is 3. The third-order valence-electron chi connectivity index (χ3n) is 4.09. The zero-order chi connectivity index (χ0) is 21.8. The Balaban J connectivity index is 1.95. The van der Waals surface area contributed by atoms with Crippen molar-refractivity contribution in [3.05, 3.63) is 47.7 Å². The Morgan fingerprint density at radius 1 is 1.03 bits per heavy atom. The standard InChI is InChI=1S/C21H29N5O4/c1-15-3-6-19(24-14-15)26-21(28)17-5-4-16(23-2)13-18(17)25-20(27)7-9-29-11-12-30-10-8-22/h3-6,13-14,23H,7-12,22H2,1-2H3,(H,25,27)(H,24,26,28). The van der Waals surface area contributed by atoms with Crippen LogP contribution in [-0.4, -0.2) is 56.8 Å². The van der Waals surface area contributed by atoms with Crippen LogP contribution in [0.3, 0.4) is 0 Å². The van der Waals surface area contributed by atoms with Crippen LogP contribution in [0.2, 0.25) is 0 Å². The molecule has 0 fully saturated rings. The van der Waals surface area contributed by atoms with Gasteiger partial charge in [-0.1, -0.05) is 6.07 Å². The van der Waals surface area contributed by atoms with Crippen molar-refractivity contribution in [3.8, 4) is 0 Å². The van der Waals surface area contributed by atoms with E-state index in [9.17, 15) is 9.59 Å². The van der Waals surface area contributed by atoms with Crippen LogP contribution in [-0.2, 0) is 14.3 Å². The van der Waals surface area contributed by atoms with E-state index in [4.69, 9.17) is 15.2 Å². The molecule has 1 aromatic heterocycles. The number of nitrogens with two attached hydrogens (primary N) is 1. The van der Waals surface area contributed by atoms with E-state index in [2.05, 4.69) is 20.9 Å². The van der Waals surface area contributed by atoms with E-state index < -0.39 is 0 Å². The molecule has 9 heteroatoms. The number of hydrogen-bond acceptors (Lipinski definition) is 7. The maximum absolute atomic E-state index is 12.7. The second-order valence-electron chi connectivity index (χ2n) is 6.50. The highest BCUT2D eigenvalue weighted by Crippen LogP contribution is 2.22. The lowest BCUT2D eigenvalue weighted by atomic mass is 10.1. The summed E-state index contributed by atoms with van der Waals surface area (Å²) in [5, 5.41) is 8.52. The minimum Gasteiger partial charge on any atom is -0.388 e. The minimum absolute atomic E-state index is 0.154. The number of hydrogen-bond donors (Lipinski definition) is 4. The first-order chi connectivity index (χ1) is 14.5. The third-order valence-corrected chi connectivity index (χ3v) is 4.09. The molecule has 2 aromatic rings.